The van der Waals surface area contributed by atoms with Gasteiger partial charge in [-0.15, -0.1) is 0 Å². The van der Waals surface area contributed by atoms with Gasteiger partial charge in [-0.2, -0.15) is 0 Å². The van der Waals surface area contributed by atoms with Crippen LogP contribution in [0.2, 0.25) is 0 Å². The molecule has 3 nitrogen and oxygen atoms in total. The highest BCUT2D eigenvalue weighted by molar-refractivity contribution is 5.80. The number of nitrogens with one attached hydrogen (secondary N) is 1. The van der Waals surface area contributed by atoms with Crippen LogP contribution in [0.1, 0.15) is 18.4 Å². The third-order valence-electron chi connectivity index (χ3n) is 3.94. The molecule has 100 valence electrons. The third-order valence-corrected chi connectivity index (χ3v) is 3.94. The number of nitrogens with zero attached hydrogens (tertiary/aromatic N) is 1. The molecule has 0 radical (unpaired) electrons. The number of aromatic amines is 1. The van der Waals surface area contributed by atoms with Crippen molar-refractivity contribution in [3.8, 4) is 11.4 Å². The number of hydrogen-bond donors (Lipinski definition) is 2. The molecule has 0 unspecified atom stereocenters. The second-order valence-corrected chi connectivity index (χ2v) is 5.48. The van der Waals surface area contributed by atoms with Gasteiger partial charge in [0.1, 0.15) is 11.6 Å². The number of benzene rings is 2. The van der Waals surface area contributed by atoms with Gasteiger partial charge in [0, 0.05) is 11.1 Å². The first-order valence-corrected chi connectivity index (χ1v) is 6.69. The average molecular weight is 267 g/mol. The predicted octanol–water partition coefficient (Wildman–Crippen LogP) is 3.32. The second-order valence-electron chi connectivity index (χ2n) is 5.48. The van der Waals surface area contributed by atoms with Gasteiger partial charge >= 0.3 is 0 Å². The fourth-order valence-corrected chi connectivity index (χ4v) is 2.52. The Kier molecular flexibility index (Phi) is 2.26. The Balaban J connectivity index is 1.82. The van der Waals surface area contributed by atoms with Gasteiger partial charge < -0.3 is 10.7 Å². The summed E-state index contributed by atoms with van der Waals surface area (Å²) >= 11 is 0. The molecule has 1 saturated carbocycles. The van der Waals surface area contributed by atoms with Gasteiger partial charge in [0.25, 0.3) is 0 Å². The summed E-state index contributed by atoms with van der Waals surface area (Å²) in [6.45, 7) is 0. The van der Waals surface area contributed by atoms with Gasteiger partial charge in [-0.05, 0) is 42.7 Å². The van der Waals surface area contributed by atoms with E-state index in [2.05, 4.69) is 16.0 Å². The molecule has 0 amide bonds. The van der Waals surface area contributed by atoms with E-state index >= 15 is 0 Å². The van der Waals surface area contributed by atoms with Crippen LogP contribution >= 0.6 is 0 Å². The molecule has 1 aromatic heterocycles. The van der Waals surface area contributed by atoms with Crippen molar-refractivity contribution in [2.45, 2.75) is 18.4 Å². The minimum Gasteiger partial charge on any atom is -0.338 e. The summed E-state index contributed by atoms with van der Waals surface area (Å²) < 4.78 is 13.3. The van der Waals surface area contributed by atoms with Crippen molar-refractivity contribution in [2.75, 3.05) is 0 Å². The molecule has 0 aliphatic heterocycles. The summed E-state index contributed by atoms with van der Waals surface area (Å²) in [5.41, 5.74) is 9.76. The minimum absolute atomic E-state index is 0.154. The normalized spacial score (nSPS) is 16.5. The first-order valence-electron chi connectivity index (χ1n) is 6.69. The van der Waals surface area contributed by atoms with E-state index in [1.165, 1.54) is 12.1 Å². The van der Waals surface area contributed by atoms with Crippen LogP contribution in [0.5, 0.6) is 0 Å². The lowest BCUT2D eigenvalue weighted by atomic mass is 10.1. The van der Waals surface area contributed by atoms with Crippen LogP contribution in [0.3, 0.4) is 0 Å². The first kappa shape index (κ1) is 11.6. The SMILES string of the molecule is NC1(c2ccc3nc(-c4cccc(F)c4)[nH]c3c2)CC1. The summed E-state index contributed by atoms with van der Waals surface area (Å²) in [6, 6.07) is 12.5. The van der Waals surface area contributed by atoms with Crippen LogP contribution in [-0.4, -0.2) is 9.97 Å². The smallest absolute Gasteiger partial charge is 0.138 e. The van der Waals surface area contributed by atoms with E-state index in [-0.39, 0.29) is 11.4 Å². The number of rotatable bonds is 2. The molecule has 1 heterocycles. The molecule has 4 rings (SSSR count). The highest BCUT2D eigenvalue weighted by atomic mass is 19.1. The Labute approximate surface area is 115 Å². The van der Waals surface area contributed by atoms with Crippen LogP contribution < -0.4 is 5.73 Å². The van der Waals surface area contributed by atoms with Crippen molar-refractivity contribution in [3.63, 3.8) is 0 Å². The molecule has 0 atom stereocenters. The maximum atomic E-state index is 13.3. The monoisotopic (exact) mass is 267 g/mol. The number of H-pyrrole nitrogens is 1. The van der Waals surface area contributed by atoms with Crippen LogP contribution in [0.25, 0.3) is 22.4 Å². The van der Waals surface area contributed by atoms with Crippen LogP contribution in [0.15, 0.2) is 42.5 Å². The van der Waals surface area contributed by atoms with Crippen LogP contribution in [-0.2, 0) is 5.54 Å². The number of hydrogen-bond acceptors (Lipinski definition) is 2. The molecule has 0 bridgehead atoms. The Morgan fingerprint density at radius 2 is 2.00 bits per heavy atom. The van der Waals surface area contributed by atoms with Crippen molar-refractivity contribution < 1.29 is 4.39 Å². The average Bonchev–Trinajstić information content (AvgIpc) is 3.04. The molecule has 0 spiro atoms. The van der Waals surface area contributed by atoms with Gasteiger partial charge in [0.05, 0.1) is 11.0 Å². The third kappa shape index (κ3) is 1.80. The second kappa shape index (κ2) is 3.90. The minimum atomic E-state index is -0.262. The highest BCUT2D eigenvalue weighted by Crippen LogP contribution is 2.43. The number of nitrogens with two attached hydrogens (primary N) is 1. The maximum Gasteiger partial charge on any atom is 0.138 e. The largest absolute Gasteiger partial charge is 0.338 e. The summed E-state index contributed by atoms with van der Waals surface area (Å²) in [6.07, 6.45) is 2.06. The van der Waals surface area contributed by atoms with Crippen LogP contribution in [0.4, 0.5) is 4.39 Å². The lowest BCUT2D eigenvalue weighted by Gasteiger charge is -2.07. The topological polar surface area (TPSA) is 54.7 Å². The van der Waals surface area contributed by atoms with E-state index in [4.69, 9.17) is 5.73 Å². The maximum absolute atomic E-state index is 13.3. The van der Waals surface area contributed by atoms with Gasteiger partial charge in [0.15, 0.2) is 0 Å². The van der Waals surface area contributed by atoms with Gasteiger partial charge in [-0.25, -0.2) is 9.37 Å². The quantitative estimate of drug-likeness (QED) is 0.748. The molecule has 20 heavy (non-hydrogen) atoms. The summed E-state index contributed by atoms with van der Waals surface area (Å²) in [7, 11) is 0. The van der Waals surface area contributed by atoms with Crippen molar-refractivity contribution in [1.29, 1.82) is 0 Å². The number of fused-ring (bicyclic) bond motifs is 1. The first-order chi connectivity index (χ1) is 9.64. The molecule has 2 aromatic carbocycles. The summed E-state index contributed by atoms with van der Waals surface area (Å²) in [4.78, 5) is 7.75. The zero-order valence-corrected chi connectivity index (χ0v) is 10.9. The number of aromatic nitrogens is 2. The number of imidazole rings is 1. The molecule has 1 fully saturated rings. The fraction of sp³-hybridized carbons (Fsp3) is 0.188. The summed E-state index contributed by atoms with van der Waals surface area (Å²) in [5, 5.41) is 0. The van der Waals surface area contributed by atoms with Crippen molar-refractivity contribution in [2.24, 2.45) is 5.73 Å². The van der Waals surface area contributed by atoms with Crippen LogP contribution in [0, 0.1) is 5.82 Å². The molecule has 1 aliphatic carbocycles. The lowest BCUT2D eigenvalue weighted by molar-refractivity contribution is 0.628. The fourth-order valence-electron chi connectivity index (χ4n) is 2.52. The molecule has 1 aliphatic rings. The van der Waals surface area contributed by atoms with Gasteiger partial charge in [-0.3, -0.25) is 0 Å². The van der Waals surface area contributed by atoms with Crippen molar-refractivity contribution in [3.05, 3.63) is 53.8 Å². The number of halogens is 1. The van der Waals surface area contributed by atoms with Crippen molar-refractivity contribution in [1.82, 2.24) is 9.97 Å². The van der Waals surface area contributed by atoms with E-state index in [1.54, 1.807) is 6.07 Å². The Hall–Kier alpha value is -2.20. The Morgan fingerprint density at radius 3 is 2.75 bits per heavy atom. The zero-order valence-electron chi connectivity index (χ0n) is 10.9. The van der Waals surface area contributed by atoms with E-state index in [0.29, 0.717) is 5.82 Å². The lowest BCUT2D eigenvalue weighted by Crippen LogP contribution is -2.18. The van der Waals surface area contributed by atoms with Gasteiger partial charge in [0.2, 0.25) is 0 Å². The van der Waals surface area contributed by atoms with Gasteiger partial charge in [-0.1, -0.05) is 18.2 Å². The highest BCUT2D eigenvalue weighted by Gasteiger charge is 2.40. The van der Waals surface area contributed by atoms with E-state index in [1.807, 2.05) is 18.2 Å². The summed E-state index contributed by atoms with van der Waals surface area (Å²) in [5.74, 6) is 0.418. The molecule has 3 aromatic rings. The van der Waals surface area contributed by atoms with Crippen molar-refractivity contribution >= 4 is 11.0 Å². The van der Waals surface area contributed by atoms with E-state index < -0.39 is 0 Å². The Morgan fingerprint density at radius 1 is 1.15 bits per heavy atom. The predicted molar refractivity (Wildman–Crippen MR) is 76.6 cm³/mol. The molecule has 0 saturated heterocycles. The van der Waals surface area contributed by atoms with E-state index in [0.717, 1.165) is 35.0 Å². The molecule has 3 N–H and O–H groups in total. The molecular weight excluding hydrogens is 253 g/mol. The standard InChI is InChI=1S/C16H14FN3/c17-12-3-1-2-10(8-12)15-19-13-5-4-11(9-14(13)20-15)16(18)6-7-16/h1-5,8-9H,6-7,18H2,(H,19,20). The van der Waals surface area contributed by atoms with E-state index in [9.17, 15) is 4.39 Å². The molecular formula is C16H14FN3. The Bertz CT molecular complexity index is 802. The zero-order chi connectivity index (χ0) is 13.7. The molecule has 4 heteroatoms.